The van der Waals surface area contributed by atoms with Crippen LogP contribution in [-0.4, -0.2) is 48.5 Å². The molecule has 0 aromatic heterocycles. The van der Waals surface area contributed by atoms with Gasteiger partial charge in [0, 0.05) is 18.8 Å². The maximum absolute atomic E-state index is 5.68. The molecule has 3 aliphatic rings. The van der Waals surface area contributed by atoms with Crippen molar-refractivity contribution in [2.24, 2.45) is 9.98 Å². The van der Waals surface area contributed by atoms with Gasteiger partial charge < -0.3 is 9.64 Å². The zero-order valence-corrected chi connectivity index (χ0v) is 20.3. The van der Waals surface area contributed by atoms with Gasteiger partial charge in [0.1, 0.15) is 5.54 Å². The molecule has 1 spiro atoms. The van der Waals surface area contributed by atoms with Crippen LogP contribution in [0.1, 0.15) is 55.7 Å². The van der Waals surface area contributed by atoms with E-state index in [0.717, 1.165) is 63.0 Å². The number of ether oxygens (including phenoxy) is 1. The fourth-order valence-electron chi connectivity index (χ4n) is 5.56. The Morgan fingerprint density at radius 3 is 2.39 bits per heavy atom. The highest BCUT2D eigenvalue weighted by atomic mass is 16.5. The second kappa shape index (κ2) is 9.30. The lowest BCUT2D eigenvalue weighted by Gasteiger charge is -2.44. The van der Waals surface area contributed by atoms with Crippen LogP contribution < -0.4 is 4.90 Å². The molecule has 2 aromatic carbocycles. The van der Waals surface area contributed by atoms with E-state index in [9.17, 15) is 0 Å². The number of hydrogen-bond acceptors (Lipinski definition) is 4. The molecule has 5 heteroatoms. The van der Waals surface area contributed by atoms with Gasteiger partial charge in [-0.2, -0.15) is 4.99 Å². The maximum atomic E-state index is 5.68. The number of aliphatic imine (C=N–C) groups is 2. The first kappa shape index (κ1) is 22.1. The molecule has 0 atom stereocenters. The van der Waals surface area contributed by atoms with E-state index < -0.39 is 0 Å². The summed E-state index contributed by atoms with van der Waals surface area (Å²) < 4.78 is 5.68. The van der Waals surface area contributed by atoms with Crippen LogP contribution in [0.15, 0.2) is 52.4 Å². The number of hydrogen-bond donors (Lipinski definition) is 0. The Hall–Kier alpha value is -2.66. The average Bonchev–Trinajstić information content (AvgIpc) is 3.15. The van der Waals surface area contributed by atoms with Crippen molar-refractivity contribution in [1.82, 2.24) is 4.90 Å². The fourth-order valence-corrected chi connectivity index (χ4v) is 5.56. The van der Waals surface area contributed by atoms with Crippen LogP contribution in [-0.2, 0) is 11.2 Å². The first-order chi connectivity index (χ1) is 16.1. The molecule has 2 heterocycles. The van der Waals surface area contributed by atoms with E-state index >= 15 is 0 Å². The van der Waals surface area contributed by atoms with Crippen molar-refractivity contribution in [3.63, 3.8) is 0 Å². The number of morpholine rings is 1. The summed E-state index contributed by atoms with van der Waals surface area (Å²) in [5.74, 6) is 2.04. The molecular formula is C28H36N4O. The van der Waals surface area contributed by atoms with Crippen molar-refractivity contribution in [3.8, 4) is 0 Å². The number of nitrogens with zero attached hydrogens (tertiary/aromatic N) is 4. The van der Waals surface area contributed by atoms with Gasteiger partial charge in [-0.05, 0) is 56.4 Å². The molecule has 33 heavy (non-hydrogen) atoms. The number of anilines is 1. The number of rotatable bonds is 3. The van der Waals surface area contributed by atoms with Crippen molar-refractivity contribution in [2.45, 2.75) is 64.8 Å². The van der Waals surface area contributed by atoms with Crippen LogP contribution in [0, 0.1) is 13.8 Å². The van der Waals surface area contributed by atoms with Gasteiger partial charge >= 0.3 is 0 Å². The molecule has 0 unspecified atom stereocenters. The Labute approximate surface area is 198 Å². The minimum Gasteiger partial charge on any atom is -0.378 e. The molecule has 174 valence electrons. The normalized spacial score (nSPS) is 21.7. The zero-order chi connectivity index (χ0) is 22.8. The van der Waals surface area contributed by atoms with E-state index in [0.29, 0.717) is 0 Å². The van der Waals surface area contributed by atoms with Crippen LogP contribution >= 0.6 is 0 Å². The summed E-state index contributed by atoms with van der Waals surface area (Å²) in [5.41, 5.74) is 5.94. The third-order valence-corrected chi connectivity index (χ3v) is 7.44. The maximum Gasteiger partial charge on any atom is 0.208 e. The molecule has 1 aliphatic carbocycles. The Bertz CT molecular complexity index is 1040. The number of aryl methyl sites for hydroxylation is 3. The highest BCUT2D eigenvalue weighted by Gasteiger charge is 2.51. The van der Waals surface area contributed by atoms with Gasteiger partial charge in [0.15, 0.2) is 5.84 Å². The highest BCUT2D eigenvalue weighted by Crippen LogP contribution is 2.44. The lowest BCUT2D eigenvalue weighted by molar-refractivity contribution is 0.0672. The van der Waals surface area contributed by atoms with Gasteiger partial charge in [-0.3, -0.25) is 4.90 Å². The molecule has 0 radical (unpaired) electrons. The van der Waals surface area contributed by atoms with Crippen LogP contribution in [0.2, 0.25) is 0 Å². The summed E-state index contributed by atoms with van der Waals surface area (Å²) in [6.07, 6.45) is 6.86. The molecule has 0 amide bonds. The number of amidine groups is 1. The largest absolute Gasteiger partial charge is 0.378 e. The second-order valence-electron chi connectivity index (χ2n) is 9.65. The Morgan fingerprint density at radius 2 is 1.70 bits per heavy atom. The first-order valence-corrected chi connectivity index (χ1v) is 12.6. The molecule has 2 aliphatic heterocycles. The molecule has 5 nitrogen and oxygen atoms in total. The van der Waals surface area contributed by atoms with E-state index in [2.05, 4.69) is 73.0 Å². The van der Waals surface area contributed by atoms with Crippen molar-refractivity contribution >= 4 is 23.2 Å². The summed E-state index contributed by atoms with van der Waals surface area (Å²) in [6, 6.07) is 15.5. The third kappa shape index (κ3) is 4.08. The molecule has 0 N–H and O–H groups in total. The van der Waals surface area contributed by atoms with Crippen LogP contribution in [0.5, 0.6) is 0 Å². The van der Waals surface area contributed by atoms with Gasteiger partial charge in [0.05, 0.1) is 18.9 Å². The zero-order valence-electron chi connectivity index (χ0n) is 20.3. The van der Waals surface area contributed by atoms with Crippen molar-refractivity contribution < 1.29 is 4.74 Å². The van der Waals surface area contributed by atoms with Crippen LogP contribution in [0.3, 0.4) is 0 Å². The molecular weight excluding hydrogens is 408 g/mol. The van der Waals surface area contributed by atoms with Gasteiger partial charge in [-0.25, -0.2) is 4.99 Å². The molecule has 1 saturated heterocycles. The standard InChI is InChI=1S/C28H36N4O/c1-4-23-10-8-9-22(3)25(23)29-26-28(15-6-5-7-16-28)32(24-13-11-21(2)12-14-24)27(30-26)31-17-19-33-20-18-31/h8-14H,4-7,15-20H2,1-3H3. The van der Waals surface area contributed by atoms with Gasteiger partial charge in [0.25, 0.3) is 0 Å². The minimum atomic E-state index is -0.186. The molecule has 2 fully saturated rings. The lowest BCUT2D eigenvalue weighted by atomic mass is 9.79. The molecule has 2 aromatic rings. The predicted octanol–water partition coefficient (Wildman–Crippen LogP) is 5.81. The Kier molecular flexibility index (Phi) is 6.24. The van der Waals surface area contributed by atoms with Crippen LogP contribution in [0.4, 0.5) is 11.4 Å². The van der Waals surface area contributed by atoms with E-state index in [1.807, 2.05) is 0 Å². The van der Waals surface area contributed by atoms with Gasteiger partial charge in [0.2, 0.25) is 5.96 Å². The SMILES string of the molecule is CCc1cccc(C)c1N=C1N=C(N2CCOCC2)N(c2ccc(C)cc2)C12CCCCC2. The topological polar surface area (TPSA) is 40.4 Å². The van der Waals surface area contributed by atoms with Gasteiger partial charge in [-0.1, -0.05) is 62.1 Å². The lowest BCUT2D eigenvalue weighted by Crippen LogP contribution is -2.57. The molecule has 5 rings (SSSR count). The second-order valence-corrected chi connectivity index (χ2v) is 9.65. The summed E-state index contributed by atoms with van der Waals surface area (Å²) in [7, 11) is 0. The summed E-state index contributed by atoms with van der Waals surface area (Å²) in [6.45, 7) is 9.77. The van der Waals surface area contributed by atoms with Gasteiger partial charge in [-0.15, -0.1) is 0 Å². The van der Waals surface area contributed by atoms with Crippen molar-refractivity contribution in [3.05, 3.63) is 59.2 Å². The smallest absolute Gasteiger partial charge is 0.208 e. The van der Waals surface area contributed by atoms with E-state index in [1.165, 1.54) is 41.6 Å². The first-order valence-electron chi connectivity index (χ1n) is 12.6. The summed E-state index contributed by atoms with van der Waals surface area (Å²) >= 11 is 0. The number of para-hydroxylation sites is 1. The monoisotopic (exact) mass is 444 g/mol. The van der Waals surface area contributed by atoms with E-state index in [4.69, 9.17) is 14.7 Å². The number of guanidine groups is 1. The average molecular weight is 445 g/mol. The summed E-state index contributed by atoms with van der Waals surface area (Å²) in [5, 5.41) is 0. The van der Waals surface area contributed by atoms with Crippen molar-refractivity contribution in [1.29, 1.82) is 0 Å². The molecule has 0 bridgehead atoms. The Morgan fingerprint density at radius 1 is 0.970 bits per heavy atom. The quantitative estimate of drug-likeness (QED) is 0.600. The van der Waals surface area contributed by atoms with E-state index in [1.54, 1.807) is 0 Å². The van der Waals surface area contributed by atoms with E-state index in [-0.39, 0.29) is 5.54 Å². The molecule has 1 saturated carbocycles. The minimum absolute atomic E-state index is 0.186. The summed E-state index contributed by atoms with van der Waals surface area (Å²) in [4.78, 5) is 15.6. The van der Waals surface area contributed by atoms with Crippen LogP contribution in [0.25, 0.3) is 0 Å². The Balaban J connectivity index is 1.69. The number of benzene rings is 2. The fraction of sp³-hybridized carbons (Fsp3) is 0.500. The predicted molar refractivity (Wildman–Crippen MR) is 137 cm³/mol. The third-order valence-electron chi connectivity index (χ3n) is 7.44. The highest BCUT2D eigenvalue weighted by molar-refractivity contribution is 6.18. The van der Waals surface area contributed by atoms with Crippen molar-refractivity contribution in [2.75, 3.05) is 31.2 Å².